The van der Waals surface area contributed by atoms with Gasteiger partial charge in [0.25, 0.3) is 0 Å². The molecule has 0 bridgehead atoms. The monoisotopic (exact) mass is 695 g/mol. The number of piperidine rings is 1. The number of nitrogens with zero attached hydrogens (tertiary/aromatic N) is 2. The number of carbonyl (C=O) groups is 2. The van der Waals surface area contributed by atoms with E-state index in [4.69, 9.17) is 19.3 Å². The lowest BCUT2D eigenvalue weighted by molar-refractivity contribution is -0.131. The van der Waals surface area contributed by atoms with Crippen LogP contribution in [0.2, 0.25) is 0 Å². The van der Waals surface area contributed by atoms with Gasteiger partial charge in [-0.25, -0.2) is 22.7 Å². The number of carboxylic acids is 1. The molecule has 4 aromatic rings. The summed E-state index contributed by atoms with van der Waals surface area (Å²) in [5, 5.41) is 18.1. The minimum absolute atomic E-state index is 0.0145. The minimum Gasteiger partial charge on any atom is -0.492 e. The summed E-state index contributed by atoms with van der Waals surface area (Å²) in [7, 11) is -3.99. The third-order valence-electron chi connectivity index (χ3n) is 7.96. The highest BCUT2D eigenvalue weighted by atomic mass is 32.2. The maximum absolute atomic E-state index is 13.4. The molecule has 0 unspecified atom stereocenters. The number of ether oxygens (including phenoxy) is 3. The molecule has 1 saturated heterocycles. The van der Waals surface area contributed by atoms with Gasteiger partial charge in [0.05, 0.1) is 22.6 Å². The molecule has 12 heteroatoms. The molecule has 0 saturated carbocycles. The Morgan fingerprint density at radius 2 is 1.64 bits per heavy atom. The molecule has 11 nitrogen and oxygen atoms in total. The molecule has 0 aromatic heterocycles. The Morgan fingerprint density at radius 3 is 2.32 bits per heavy atom. The van der Waals surface area contributed by atoms with Gasteiger partial charge in [-0.2, -0.15) is 5.26 Å². The van der Waals surface area contributed by atoms with Gasteiger partial charge < -0.3 is 24.2 Å². The molecule has 5 rings (SSSR count). The zero-order chi connectivity index (χ0) is 35.3. The van der Waals surface area contributed by atoms with Crippen LogP contribution >= 0.6 is 0 Å². The van der Waals surface area contributed by atoms with Gasteiger partial charge in [-0.3, -0.25) is 0 Å². The second-order valence-electron chi connectivity index (χ2n) is 11.7. The van der Waals surface area contributed by atoms with Gasteiger partial charge in [0.2, 0.25) is 10.0 Å². The molecule has 1 fully saturated rings. The van der Waals surface area contributed by atoms with Crippen molar-refractivity contribution in [2.75, 3.05) is 19.7 Å². The maximum atomic E-state index is 13.4. The number of sulfonamides is 1. The average Bonchev–Trinajstić information content (AvgIpc) is 3.13. The number of hydrogen-bond donors (Lipinski definition) is 2. The fourth-order valence-corrected chi connectivity index (χ4v) is 6.57. The molecule has 2 N–H and O–H groups in total. The normalized spacial score (nSPS) is 14.1. The van der Waals surface area contributed by atoms with E-state index in [1.165, 1.54) is 30.3 Å². The first kappa shape index (κ1) is 35.7. The summed E-state index contributed by atoms with van der Waals surface area (Å²) in [5.41, 5.74) is 2.73. The largest absolute Gasteiger partial charge is 0.492 e. The van der Waals surface area contributed by atoms with Crippen molar-refractivity contribution >= 4 is 28.2 Å². The number of carboxylic acid groups (broad SMARTS) is 1. The van der Waals surface area contributed by atoms with E-state index < -0.39 is 22.0 Å². The van der Waals surface area contributed by atoms with Crippen LogP contribution in [-0.2, 0) is 32.6 Å². The summed E-state index contributed by atoms with van der Waals surface area (Å²) >= 11 is 0. The fourth-order valence-electron chi connectivity index (χ4n) is 5.35. The summed E-state index contributed by atoms with van der Waals surface area (Å²) in [5.74, 6) is -0.00922. The summed E-state index contributed by atoms with van der Waals surface area (Å²) in [6.07, 6.45) is 3.55. The van der Waals surface area contributed by atoms with Crippen LogP contribution in [0.15, 0.2) is 114 Å². The van der Waals surface area contributed by atoms with Gasteiger partial charge in [0.1, 0.15) is 30.8 Å². The van der Waals surface area contributed by atoms with E-state index in [2.05, 4.69) is 10.8 Å². The van der Waals surface area contributed by atoms with Crippen molar-refractivity contribution in [3.8, 4) is 17.6 Å². The molecule has 50 heavy (non-hydrogen) atoms. The smallest absolute Gasteiger partial charge is 0.410 e. The van der Waals surface area contributed by atoms with Crippen LogP contribution in [0.1, 0.15) is 35.1 Å². The van der Waals surface area contributed by atoms with Crippen molar-refractivity contribution in [3.63, 3.8) is 0 Å². The number of amides is 1. The second kappa shape index (κ2) is 17.1. The molecular weight excluding hydrogens is 658 g/mol. The Hall–Kier alpha value is -5.64. The molecule has 1 atom stereocenters. The van der Waals surface area contributed by atoms with E-state index in [0.717, 1.165) is 17.2 Å². The van der Waals surface area contributed by atoms with E-state index >= 15 is 0 Å². The molecule has 0 aliphatic carbocycles. The van der Waals surface area contributed by atoms with E-state index in [-0.39, 0.29) is 30.3 Å². The van der Waals surface area contributed by atoms with Gasteiger partial charge in [-0.1, -0.05) is 60.7 Å². The summed E-state index contributed by atoms with van der Waals surface area (Å²) in [6.45, 7) is 1.26. The van der Waals surface area contributed by atoms with Crippen molar-refractivity contribution < 1.29 is 37.3 Å². The standard InChI is InChI=1S/C38H37N3O8S/c39-25-31-7-4-8-35(24-31)47-27-32(40-50(45,46)36-16-11-28(12-17-36)13-18-37(42)43)23-29-9-14-33(15-10-29)49-34-19-21-41(22-20-34)38(44)48-26-30-5-2-1-3-6-30/h1-18,24,32,34,40H,19-23,26-27H2,(H,42,43)/b18-13+/t32-/m0/s1. The van der Waals surface area contributed by atoms with E-state index in [0.29, 0.717) is 55.0 Å². The third kappa shape index (κ3) is 10.7. The molecule has 1 heterocycles. The number of carbonyl (C=O) groups excluding carboxylic acids is 1. The molecule has 258 valence electrons. The maximum Gasteiger partial charge on any atom is 0.410 e. The first-order chi connectivity index (χ1) is 24.2. The van der Waals surface area contributed by atoms with E-state index in [9.17, 15) is 23.3 Å². The molecular formula is C38H37N3O8S. The number of hydrogen-bond acceptors (Lipinski definition) is 8. The Balaban J connectivity index is 1.18. The first-order valence-corrected chi connectivity index (χ1v) is 17.5. The minimum atomic E-state index is -3.99. The van der Waals surface area contributed by atoms with Crippen LogP contribution in [0, 0.1) is 11.3 Å². The number of aliphatic carboxylic acids is 1. The van der Waals surface area contributed by atoms with Crippen LogP contribution in [-0.4, -0.2) is 62.3 Å². The SMILES string of the molecule is N#Cc1cccc(OC[C@H](Cc2ccc(OC3CCN(C(=O)OCc4ccccc4)CC3)cc2)NS(=O)(=O)c2ccc(/C=C/C(=O)O)cc2)c1. The number of nitrogens with one attached hydrogen (secondary N) is 1. The Morgan fingerprint density at radius 1 is 0.920 bits per heavy atom. The van der Waals surface area contributed by atoms with Crippen molar-refractivity contribution in [1.82, 2.24) is 9.62 Å². The third-order valence-corrected chi connectivity index (χ3v) is 9.49. The lowest BCUT2D eigenvalue weighted by Crippen LogP contribution is -2.42. The van der Waals surface area contributed by atoms with Crippen LogP contribution in [0.5, 0.6) is 11.5 Å². The van der Waals surface area contributed by atoms with Crippen molar-refractivity contribution in [3.05, 3.63) is 131 Å². The van der Waals surface area contributed by atoms with Crippen molar-refractivity contribution in [1.29, 1.82) is 5.26 Å². The fraction of sp³-hybridized carbons (Fsp3) is 0.237. The second-order valence-corrected chi connectivity index (χ2v) is 13.4. The van der Waals surface area contributed by atoms with Gasteiger partial charge in [0, 0.05) is 32.0 Å². The molecule has 4 aromatic carbocycles. The predicted molar refractivity (Wildman–Crippen MR) is 186 cm³/mol. The van der Waals surface area contributed by atoms with Gasteiger partial charge in [-0.15, -0.1) is 0 Å². The highest BCUT2D eigenvalue weighted by Gasteiger charge is 2.25. The molecule has 1 aliphatic rings. The summed E-state index contributed by atoms with van der Waals surface area (Å²) in [4.78, 5) is 25.0. The highest BCUT2D eigenvalue weighted by Crippen LogP contribution is 2.22. The highest BCUT2D eigenvalue weighted by molar-refractivity contribution is 7.89. The van der Waals surface area contributed by atoms with Gasteiger partial charge >= 0.3 is 12.1 Å². The average molecular weight is 696 g/mol. The lowest BCUT2D eigenvalue weighted by atomic mass is 10.1. The zero-order valence-electron chi connectivity index (χ0n) is 27.2. The van der Waals surface area contributed by atoms with Crippen LogP contribution < -0.4 is 14.2 Å². The Bertz CT molecular complexity index is 1920. The van der Waals surface area contributed by atoms with E-state index in [1.807, 2.05) is 54.6 Å². The molecule has 1 aliphatic heterocycles. The summed E-state index contributed by atoms with van der Waals surface area (Å²) < 4.78 is 47.1. The summed E-state index contributed by atoms with van der Waals surface area (Å²) in [6, 6.07) is 30.8. The van der Waals surface area contributed by atoms with Crippen molar-refractivity contribution in [2.45, 2.75) is 42.9 Å². The number of nitriles is 1. The Labute approximate surface area is 291 Å². The number of likely N-dealkylation sites (tertiary alicyclic amines) is 1. The lowest BCUT2D eigenvalue weighted by Gasteiger charge is -2.31. The number of rotatable bonds is 14. The topological polar surface area (TPSA) is 155 Å². The molecule has 1 amide bonds. The first-order valence-electron chi connectivity index (χ1n) is 16.0. The van der Waals surface area contributed by atoms with E-state index in [1.54, 1.807) is 29.2 Å². The van der Waals surface area contributed by atoms with Crippen LogP contribution in [0.3, 0.4) is 0 Å². The van der Waals surface area contributed by atoms with Crippen LogP contribution in [0.25, 0.3) is 6.08 Å². The van der Waals surface area contributed by atoms with Gasteiger partial charge in [0.15, 0.2) is 0 Å². The quantitative estimate of drug-likeness (QED) is 0.156. The van der Waals surface area contributed by atoms with Crippen molar-refractivity contribution in [2.24, 2.45) is 0 Å². The zero-order valence-corrected chi connectivity index (χ0v) is 28.0. The number of benzene rings is 4. The molecule has 0 spiro atoms. The predicted octanol–water partition coefficient (Wildman–Crippen LogP) is 5.80. The van der Waals surface area contributed by atoms with Crippen LogP contribution in [0.4, 0.5) is 4.79 Å². The molecule has 0 radical (unpaired) electrons. The Kier molecular flexibility index (Phi) is 12.2. The van der Waals surface area contributed by atoms with Gasteiger partial charge in [-0.05, 0) is 71.7 Å².